The van der Waals surface area contributed by atoms with E-state index in [9.17, 15) is 13.2 Å². The Morgan fingerprint density at radius 1 is 1.13 bits per heavy atom. The number of halogens is 1. The van der Waals surface area contributed by atoms with Crippen molar-refractivity contribution in [2.45, 2.75) is 11.8 Å². The maximum Gasteiger partial charge on any atom is 0.264 e. The first kappa shape index (κ1) is 21.5. The molecule has 30 heavy (non-hydrogen) atoms. The Hall–Kier alpha value is -3.23. The molecular weight excluding hydrogens is 424 g/mol. The minimum Gasteiger partial charge on any atom is -0.271 e. The van der Waals surface area contributed by atoms with Crippen molar-refractivity contribution in [3.63, 3.8) is 0 Å². The number of benzene rings is 2. The van der Waals surface area contributed by atoms with Gasteiger partial charge in [0.05, 0.1) is 16.8 Å². The van der Waals surface area contributed by atoms with Crippen molar-refractivity contribution in [3.05, 3.63) is 89.2 Å². The zero-order chi connectivity index (χ0) is 21.6. The molecule has 1 heterocycles. The van der Waals surface area contributed by atoms with Gasteiger partial charge in [0.1, 0.15) is 6.54 Å². The first-order valence-corrected chi connectivity index (χ1v) is 10.8. The number of sulfonamides is 1. The Kier molecular flexibility index (Phi) is 6.81. The van der Waals surface area contributed by atoms with E-state index in [4.69, 9.17) is 11.6 Å². The summed E-state index contributed by atoms with van der Waals surface area (Å²) in [5, 5.41) is 4.27. The maximum absolute atomic E-state index is 13.2. The molecule has 3 aromatic rings. The number of hydrogen-bond donors (Lipinski definition) is 1. The second-order valence-electron chi connectivity index (χ2n) is 6.33. The van der Waals surface area contributed by atoms with E-state index in [1.54, 1.807) is 54.9 Å². The highest BCUT2D eigenvalue weighted by Gasteiger charge is 2.27. The summed E-state index contributed by atoms with van der Waals surface area (Å²) in [5.41, 5.74) is 4.17. The van der Waals surface area contributed by atoms with E-state index in [-0.39, 0.29) is 10.6 Å². The number of hydrogen-bond acceptors (Lipinski definition) is 5. The molecule has 0 atom stereocenters. The van der Waals surface area contributed by atoms with E-state index in [1.807, 2.05) is 6.92 Å². The highest BCUT2D eigenvalue weighted by molar-refractivity contribution is 7.92. The number of rotatable bonds is 7. The number of hydrazone groups is 1. The zero-order valence-corrected chi connectivity index (χ0v) is 17.6. The fourth-order valence-electron chi connectivity index (χ4n) is 2.57. The number of carbonyl (C=O) groups is 1. The lowest BCUT2D eigenvalue weighted by Gasteiger charge is -2.24. The van der Waals surface area contributed by atoms with Crippen LogP contribution in [0, 0.1) is 6.92 Å². The molecule has 0 spiro atoms. The van der Waals surface area contributed by atoms with Crippen LogP contribution in [0.5, 0.6) is 0 Å². The monoisotopic (exact) mass is 442 g/mol. The van der Waals surface area contributed by atoms with Crippen LogP contribution in [0.4, 0.5) is 5.69 Å². The molecule has 154 valence electrons. The maximum atomic E-state index is 13.2. The highest BCUT2D eigenvalue weighted by Crippen LogP contribution is 2.27. The average Bonchev–Trinajstić information content (AvgIpc) is 2.75. The molecule has 1 N–H and O–H groups in total. The number of carbonyl (C=O) groups excluding carboxylic acids is 1. The van der Waals surface area contributed by atoms with Gasteiger partial charge in [-0.25, -0.2) is 13.8 Å². The Bertz CT molecular complexity index is 1150. The summed E-state index contributed by atoms with van der Waals surface area (Å²) in [6.07, 6.45) is 4.63. The molecular formula is C21H19ClN4O3S. The summed E-state index contributed by atoms with van der Waals surface area (Å²) in [7, 11) is -4.00. The molecule has 0 unspecified atom stereocenters. The van der Waals surface area contributed by atoms with Crippen LogP contribution in [0.1, 0.15) is 11.1 Å². The smallest absolute Gasteiger partial charge is 0.264 e. The molecule has 0 aliphatic rings. The third kappa shape index (κ3) is 5.22. The summed E-state index contributed by atoms with van der Waals surface area (Å²) in [4.78, 5) is 16.4. The van der Waals surface area contributed by atoms with Crippen molar-refractivity contribution in [1.82, 2.24) is 10.4 Å². The van der Waals surface area contributed by atoms with Crippen LogP contribution in [-0.4, -0.2) is 32.1 Å². The second kappa shape index (κ2) is 9.51. The van der Waals surface area contributed by atoms with Crippen LogP contribution in [-0.2, 0) is 14.8 Å². The van der Waals surface area contributed by atoms with Crippen LogP contribution in [0.15, 0.2) is 83.1 Å². The molecule has 1 amide bonds. The van der Waals surface area contributed by atoms with Gasteiger partial charge in [-0.05, 0) is 54.4 Å². The first-order valence-electron chi connectivity index (χ1n) is 8.94. The number of pyridine rings is 1. The van der Waals surface area contributed by atoms with Crippen LogP contribution in [0.3, 0.4) is 0 Å². The van der Waals surface area contributed by atoms with Gasteiger partial charge in [0, 0.05) is 17.4 Å². The molecule has 0 aliphatic carbocycles. The predicted octanol–water partition coefficient (Wildman–Crippen LogP) is 3.39. The normalized spacial score (nSPS) is 11.4. The fourth-order valence-corrected chi connectivity index (χ4v) is 4.17. The van der Waals surface area contributed by atoms with E-state index in [0.717, 1.165) is 15.4 Å². The minimum atomic E-state index is -4.00. The number of aromatic nitrogens is 1. The highest BCUT2D eigenvalue weighted by atomic mass is 35.5. The molecule has 1 aromatic heterocycles. The molecule has 0 bridgehead atoms. The first-order chi connectivity index (χ1) is 14.4. The summed E-state index contributed by atoms with van der Waals surface area (Å²) in [5.74, 6) is -0.600. The van der Waals surface area contributed by atoms with Crippen molar-refractivity contribution >= 4 is 39.4 Å². The van der Waals surface area contributed by atoms with Gasteiger partial charge in [-0.3, -0.25) is 14.1 Å². The summed E-state index contributed by atoms with van der Waals surface area (Å²) in [6.45, 7) is 1.34. The van der Waals surface area contributed by atoms with Gasteiger partial charge in [0.25, 0.3) is 15.9 Å². The molecule has 0 saturated heterocycles. The molecule has 0 fully saturated rings. The van der Waals surface area contributed by atoms with E-state index in [0.29, 0.717) is 5.02 Å². The summed E-state index contributed by atoms with van der Waals surface area (Å²) >= 11 is 6.19. The van der Waals surface area contributed by atoms with E-state index in [1.165, 1.54) is 24.4 Å². The standard InChI is InChI=1S/C21H19ClN4O3S/c1-16-7-8-18(13-20(16)22)26(30(28,29)19-5-3-2-4-6-19)15-21(27)25-24-14-17-9-11-23-12-10-17/h2-14H,15H2,1H3,(H,25,27)/b24-14-. The van der Waals surface area contributed by atoms with Gasteiger partial charge in [0.2, 0.25) is 0 Å². The molecule has 0 radical (unpaired) electrons. The third-order valence-corrected chi connectivity index (χ3v) is 6.37. The van der Waals surface area contributed by atoms with Crippen LogP contribution >= 0.6 is 11.6 Å². The second-order valence-corrected chi connectivity index (χ2v) is 8.60. The lowest BCUT2D eigenvalue weighted by atomic mass is 10.2. The Labute approximate surface area is 180 Å². The number of amides is 1. The van der Waals surface area contributed by atoms with Gasteiger partial charge >= 0.3 is 0 Å². The quantitative estimate of drug-likeness (QED) is 0.448. The van der Waals surface area contributed by atoms with Crippen molar-refractivity contribution in [1.29, 1.82) is 0 Å². The molecule has 7 nitrogen and oxygen atoms in total. The number of nitrogens with one attached hydrogen (secondary N) is 1. The summed E-state index contributed by atoms with van der Waals surface area (Å²) < 4.78 is 27.4. The van der Waals surface area contributed by atoms with E-state index >= 15 is 0 Å². The Morgan fingerprint density at radius 3 is 2.50 bits per heavy atom. The SMILES string of the molecule is Cc1ccc(N(CC(=O)N/N=C\c2ccncc2)S(=O)(=O)c2ccccc2)cc1Cl. The Balaban J connectivity index is 1.87. The van der Waals surface area contributed by atoms with Crippen LogP contribution in [0.2, 0.25) is 5.02 Å². The molecule has 9 heteroatoms. The zero-order valence-electron chi connectivity index (χ0n) is 16.1. The van der Waals surface area contributed by atoms with Gasteiger partial charge < -0.3 is 0 Å². The van der Waals surface area contributed by atoms with Gasteiger partial charge in [0.15, 0.2) is 0 Å². The van der Waals surface area contributed by atoms with Gasteiger partial charge in [-0.15, -0.1) is 0 Å². The van der Waals surface area contributed by atoms with Crippen molar-refractivity contribution in [3.8, 4) is 0 Å². The van der Waals surface area contributed by atoms with Gasteiger partial charge in [-0.2, -0.15) is 5.10 Å². The number of anilines is 1. The minimum absolute atomic E-state index is 0.0646. The van der Waals surface area contributed by atoms with Crippen molar-refractivity contribution < 1.29 is 13.2 Å². The average molecular weight is 443 g/mol. The van der Waals surface area contributed by atoms with Crippen molar-refractivity contribution in [2.24, 2.45) is 5.10 Å². The van der Waals surface area contributed by atoms with Crippen LogP contribution in [0.25, 0.3) is 0 Å². The van der Waals surface area contributed by atoms with E-state index in [2.05, 4.69) is 15.5 Å². The lowest BCUT2D eigenvalue weighted by molar-refractivity contribution is -0.119. The number of aryl methyl sites for hydroxylation is 1. The molecule has 0 aliphatic heterocycles. The van der Waals surface area contributed by atoms with Crippen molar-refractivity contribution in [2.75, 3.05) is 10.8 Å². The summed E-state index contributed by atoms with van der Waals surface area (Å²) in [6, 6.07) is 16.2. The Morgan fingerprint density at radius 2 is 1.83 bits per heavy atom. The topological polar surface area (TPSA) is 91.7 Å². The number of nitrogens with zero attached hydrogens (tertiary/aromatic N) is 3. The third-order valence-electron chi connectivity index (χ3n) is 4.17. The molecule has 3 rings (SSSR count). The fraction of sp³-hybridized carbons (Fsp3) is 0.0952. The van der Waals surface area contributed by atoms with E-state index < -0.39 is 22.5 Å². The molecule has 2 aromatic carbocycles. The van der Waals surface area contributed by atoms with Gasteiger partial charge in [-0.1, -0.05) is 35.9 Å². The predicted molar refractivity (Wildman–Crippen MR) is 117 cm³/mol. The largest absolute Gasteiger partial charge is 0.271 e. The lowest BCUT2D eigenvalue weighted by Crippen LogP contribution is -2.39. The van der Waals surface area contributed by atoms with Crippen LogP contribution < -0.4 is 9.73 Å². The molecule has 0 saturated carbocycles.